The van der Waals surface area contributed by atoms with Gasteiger partial charge in [-0.15, -0.1) is 0 Å². The Balaban J connectivity index is 1.34. The molecule has 0 saturated carbocycles. The molecule has 176 valence electrons. The van der Waals surface area contributed by atoms with Gasteiger partial charge in [-0.25, -0.2) is 18.9 Å². The van der Waals surface area contributed by atoms with Crippen molar-refractivity contribution < 1.29 is 13.9 Å². The van der Waals surface area contributed by atoms with Crippen LogP contribution in [0, 0.1) is 5.82 Å². The van der Waals surface area contributed by atoms with Crippen molar-refractivity contribution in [3.05, 3.63) is 78.5 Å². The lowest BCUT2D eigenvalue weighted by atomic mass is 10.1. The van der Waals surface area contributed by atoms with E-state index in [1.807, 2.05) is 40.9 Å². The normalized spacial score (nSPS) is 14.7. The van der Waals surface area contributed by atoms with Gasteiger partial charge in [0.25, 0.3) is 0 Å². The minimum atomic E-state index is -0.298. The third-order valence-electron chi connectivity index (χ3n) is 6.14. The van der Waals surface area contributed by atoms with Crippen LogP contribution in [0.2, 0.25) is 0 Å². The van der Waals surface area contributed by atoms with Crippen molar-refractivity contribution in [2.24, 2.45) is 0 Å². The Hall–Kier alpha value is -3.95. The Morgan fingerprint density at radius 2 is 1.80 bits per heavy atom. The van der Waals surface area contributed by atoms with Crippen molar-refractivity contribution >= 4 is 17.1 Å². The molecule has 4 aromatic heterocycles. The number of pyridine rings is 1. The van der Waals surface area contributed by atoms with Gasteiger partial charge in [-0.2, -0.15) is 5.10 Å². The predicted octanol–water partition coefficient (Wildman–Crippen LogP) is 3.29. The zero-order chi connectivity index (χ0) is 23.8. The highest BCUT2D eigenvalue weighted by molar-refractivity contribution is 5.83. The lowest BCUT2D eigenvalue weighted by molar-refractivity contribution is -0.120. The molecule has 1 aromatic carbocycles. The Kier molecular flexibility index (Phi) is 5.55. The molecule has 5 heterocycles. The van der Waals surface area contributed by atoms with Gasteiger partial charge in [-0.3, -0.25) is 14.1 Å². The van der Waals surface area contributed by atoms with Crippen molar-refractivity contribution in [3.63, 3.8) is 0 Å². The summed E-state index contributed by atoms with van der Waals surface area (Å²) >= 11 is 0. The first-order chi connectivity index (χ1) is 17.1. The second-order valence-corrected chi connectivity index (χ2v) is 8.60. The number of ether oxygens (including phenoxy) is 1. The van der Waals surface area contributed by atoms with Crippen molar-refractivity contribution in [2.45, 2.75) is 6.42 Å². The number of hydrogen-bond donors (Lipinski definition) is 0. The first-order valence-electron chi connectivity index (χ1n) is 11.5. The van der Waals surface area contributed by atoms with Crippen LogP contribution < -0.4 is 0 Å². The smallest absolute Gasteiger partial charge is 0.153 e. The van der Waals surface area contributed by atoms with Crippen LogP contribution >= 0.6 is 0 Å². The number of rotatable bonds is 6. The molecule has 0 aliphatic carbocycles. The van der Waals surface area contributed by atoms with Crippen LogP contribution in [0.4, 0.5) is 4.39 Å². The maximum atomic E-state index is 13.5. The van der Waals surface area contributed by atoms with Gasteiger partial charge in [0.2, 0.25) is 0 Å². The summed E-state index contributed by atoms with van der Waals surface area (Å²) in [7, 11) is 0. The molecule has 0 bridgehead atoms. The summed E-state index contributed by atoms with van der Waals surface area (Å²) in [5.41, 5.74) is 5.12. The van der Waals surface area contributed by atoms with E-state index in [0.717, 1.165) is 30.0 Å². The highest BCUT2D eigenvalue weighted by atomic mass is 19.1. The minimum Gasteiger partial charge on any atom is -0.379 e. The minimum absolute atomic E-state index is 0.121. The average Bonchev–Trinajstić information content (AvgIpc) is 3.45. The van der Waals surface area contributed by atoms with Crippen LogP contribution in [-0.4, -0.2) is 67.5 Å². The van der Waals surface area contributed by atoms with Crippen LogP contribution in [0.5, 0.6) is 0 Å². The fourth-order valence-corrected chi connectivity index (χ4v) is 4.46. The van der Waals surface area contributed by atoms with Crippen LogP contribution in [-0.2, 0) is 16.0 Å². The molecule has 0 atom stereocenters. The molecule has 0 amide bonds. The van der Waals surface area contributed by atoms with E-state index in [-0.39, 0.29) is 18.0 Å². The van der Waals surface area contributed by atoms with Gasteiger partial charge in [-0.05, 0) is 48.5 Å². The number of benzene rings is 1. The molecular formula is C26H23FN6O2. The molecule has 1 aliphatic rings. The van der Waals surface area contributed by atoms with Crippen LogP contribution in [0.3, 0.4) is 0 Å². The van der Waals surface area contributed by atoms with Crippen LogP contribution in [0.15, 0.2) is 67.0 Å². The fraction of sp³-hybridized carbons (Fsp3) is 0.231. The summed E-state index contributed by atoms with van der Waals surface area (Å²) in [5, 5.41) is 4.80. The molecule has 1 saturated heterocycles. The van der Waals surface area contributed by atoms with E-state index >= 15 is 0 Å². The summed E-state index contributed by atoms with van der Waals surface area (Å²) in [6.45, 7) is 3.28. The molecule has 0 N–H and O–H groups in total. The largest absolute Gasteiger partial charge is 0.379 e. The van der Waals surface area contributed by atoms with E-state index in [1.54, 1.807) is 22.8 Å². The van der Waals surface area contributed by atoms with Gasteiger partial charge in [0.1, 0.15) is 22.9 Å². The van der Waals surface area contributed by atoms with Gasteiger partial charge >= 0.3 is 0 Å². The second kappa shape index (κ2) is 9.01. The van der Waals surface area contributed by atoms with E-state index in [9.17, 15) is 9.18 Å². The number of carbonyl (C=O) groups excluding carboxylic acids is 1. The molecule has 0 spiro atoms. The summed E-state index contributed by atoms with van der Waals surface area (Å²) in [4.78, 5) is 24.1. The molecule has 35 heavy (non-hydrogen) atoms. The standard InChI is InChI=1S/C26H23FN6O2/c27-19-6-4-18(5-7-19)25-26(32-10-2-1-3-23(32)29-25)22-8-9-24-28-20(16-33(24)30-22)15-21(34)17-31-11-13-35-14-12-31/h1-10,16H,11-15,17H2. The molecule has 0 unspecified atom stereocenters. The molecule has 9 heteroatoms. The van der Waals surface area contributed by atoms with Gasteiger partial charge in [0.15, 0.2) is 11.4 Å². The van der Waals surface area contributed by atoms with E-state index in [4.69, 9.17) is 14.8 Å². The quantitative estimate of drug-likeness (QED) is 0.379. The highest BCUT2D eigenvalue weighted by Gasteiger charge is 2.19. The molecule has 0 radical (unpaired) electrons. The van der Waals surface area contributed by atoms with Crippen molar-refractivity contribution in [1.29, 1.82) is 0 Å². The molecular weight excluding hydrogens is 447 g/mol. The molecule has 1 aliphatic heterocycles. The number of imidazole rings is 2. The first kappa shape index (κ1) is 21.6. The number of nitrogens with zero attached hydrogens (tertiary/aromatic N) is 6. The Labute approximate surface area is 200 Å². The molecule has 5 aromatic rings. The van der Waals surface area contributed by atoms with E-state index in [2.05, 4.69) is 9.88 Å². The van der Waals surface area contributed by atoms with Crippen LogP contribution in [0.25, 0.3) is 33.9 Å². The third-order valence-corrected chi connectivity index (χ3v) is 6.14. The number of halogens is 1. The zero-order valence-corrected chi connectivity index (χ0v) is 19.0. The number of Topliss-reactive ketones (excluding diaryl/α,β-unsaturated/α-hetero) is 1. The molecule has 6 rings (SSSR count). The molecule has 8 nitrogen and oxygen atoms in total. The van der Waals surface area contributed by atoms with Crippen LogP contribution in [0.1, 0.15) is 5.69 Å². The van der Waals surface area contributed by atoms with Gasteiger partial charge in [0, 0.05) is 24.8 Å². The summed E-state index contributed by atoms with van der Waals surface area (Å²) in [6.07, 6.45) is 3.99. The van der Waals surface area contributed by atoms with Gasteiger partial charge < -0.3 is 4.74 Å². The molecule has 1 fully saturated rings. The fourth-order valence-electron chi connectivity index (χ4n) is 4.46. The Morgan fingerprint density at radius 1 is 0.971 bits per heavy atom. The zero-order valence-electron chi connectivity index (χ0n) is 19.0. The maximum Gasteiger partial charge on any atom is 0.153 e. The SMILES string of the molecule is O=C(Cc1cn2nc(-c3c(-c4ccc(F)cc4)nc4ccccn34)ccc2n1)CN1CCOCC1. The van der Waals surface area contributed by atoms with E-state index in [0.29, 0.717) is 42.5 Å². The number of carbonyl (C=O) groups is 1. The monoisotopic (exact) mass is 470 g/mol. The highest BCUT2D eigenvalue weighted by Crippen LogP contribution is 2.32. The third kappa shape index (κ3) is 4.31. The Bertz CT molecular complexity index is 1520. The number of hydrogen-bond acceptors (Lipinski definition) is 6. The predicted molar refractivity (Wildman–Crippen MR) is 129 cm³/mol. The Morgan fingerprint density at radius 3 is 2.63 bits per heavy atom. The summed E-state index contributed by atoms with van der Waals surface area (Å²) in [5.74, 6) is -0.177. The number of morpholine rings is 1. The number of ketones is 1. The summed E-state index contributed by atoms with van der Waals surface area (Å²) in [6, 6.07) is 15.8. The van der Waals surface area contributed by atoms with E-state index < -0.39 is 0 Å². The second-order valence-electron chi connectivity index (χ2n) is 8.60. The van der Waals surface area contributed by atoms with Crippen molar-refractivity contribution in [2.75, 3.05) is 32.8 Å². The van der Waals surface area contributed by atoms with Crippen molar-refractivity contribution in [3.8, 4) is 22.6 Å². The van der Waals surface area contributed by atoms with E-state index in [1.165, 1.54) is 12.1 Å². The lowest BCUT2D eigenvalue weighted by Crippen LogP contribution is -2.39. The number of aromatic nitrogens is 5. The van der Waals surface area contributed by atoms with Crippen molar-refractivity contribution in [1.82, 2.24) is 28.9 Å². The average molecular weight is 471 g/mol. The van der Waals surface area contributed by atoms with Gasteiger partial charge in [-0.1, -0.05) is 6.07 Å². The topological polar surface area (TPSA) is 77.0 Å². The maximum absolute atomic E-state index is 13.5. The van der Waals surface area contributed by atoms with Gasteiger partial charge in [0.05, 0.1) is 43.8 Å². The lowest BCUT2D eigenvalue weighted by Gasteiger charge is -2.25. The first-order valence-corrected chi connectivity index (χ1v) is 11.5. The summed E-state index contributed by atoms with van der Waals surface area (Å²) < 4.78 is 22.6. The number of fused-ring (bicyclic) bond motifs is 2.